The van der Waals surface area contributed by atoms with Crippen LogP contribution in [0, 0.1) is 13.8 Å². The SMILES string of the molecule is CCc1nnc(C)cc1C(NC)c1ccc(C)c(Cl)c1. The molecule has 1 unspecified atom stereocenters. The second-order valence-corrected chi connectivity index (χ2v) is 5.38. The van der Waals surface area contributed by atoms with Crippen molar-refractivity contribution < 1.29 is 0 Å². The van der Waals surface area contributed by atoms with Gasteiger partial charge in [0.1, 0.15) is 0 Å². The highest BCUT2D eigenvalue weighted by atomic mass is 35.5. The molecular formula is C16H20ClN3. The highest BCUT2D eigenvalue weighted by molar-refractivity contribution is 6.31. The van der Waals surface area contributed by atoms with Gasteiger partial charge in [0.2, 0.25) is 0 Å². The van der Waals surface area contributed by atoms with Crippen molar-refractivity contribution in [2.45, 2.75) is 33.2 Å². The van der Waals surface area contributed by atoms with Crippen LogP contribution in [0.1, 0.15) is 41.0 Å². The lowest BCUT2D eigenvalue weighted by atomic mass is 9.96. The van der Waals surface area contributed by atoms with Crippen LogP contribution in [0.5, 0.6) is 0 Å². The molecule has 0 fully saturated rings. The van der Waals surface area contributed by atoms with Crippen LogP contribution in [0.15, 0.2) is 24.3 Å². The molecule has 0 spiro atoms. The van der Waals surface area contributed by atoms with Gasteiger partial charge in [-0.3, -0.25) is 0 Å². The first-order valence-electron chi connectivity index (χ1n) is 6.83. The molecule has 2 rings (SSSR count). The summed E-state index contributed by atoms with van der Waals surface area (Å²) in [7, 11) is 1.95. The van der Waals surface area contributed by atoms with E-state index in [1.807, 2.05) is 27.0 Å². The quantitative estimate of drug-likeness (QED) is 0.934. The van der Waals surface area contributed by atoms with Gasteiger partial charge >= 0.3 is 0 Å². The lowest BCUT2D eigenvalue weighted by Crippen LogP contribution is -2.20. The fourth-order valence-electron chi connectivity index (χ4n) is 2.35. The van der Waals surface area contributed by atoms with Crippen molar-refractivity contribution in [1.82, 2.24) is 15.5 Å². The summed E-state index contributed by atoms with van der Waals surface area (Å²) in [5.41, 5.74) is 5.35. The Morgan fingerprint density at radius 3 is 2.55 bits per heavy atom. The molecule has 0 amide bonds. The molecule has 0 aliphatic rings. The van der Waals surface area contributed by atoms with E-state index in [4.69, 9.17) is 11.6 Å². The van der Waals surface area contributed by atoms with E-state index in [1.54, 1.807) is 0 Å². The van der Waals surface area contributed by atoms with Crippen molar-refractivity contribution in [3.63, 3.8) is 0 Å². The van der Waals surface area contributed by atoms with Gasteiger partial charge in [-0.15, -0.1) is 0 Å². The Bertz CT molecular complexity index is 611. The molecule has 0 aliphatic heterocycles. The van der Waals surface area contributed by atoms with E-state index in [9.17, 15) is 0 Å². The summed E-state index contributed by atoms with van der Waals surface area (Å²) in [4.78, 5) is 0. The van der Waals surface area contributed by atoms with Crippen molar-refractivity contribution in [3.8, 4) is 0 Å². The summed E-state index contributed by atoms with van der Waals surface area (Å²) in [5, 5.41) is 12.6. The van der Waals surface area contributed by atoms with Crippen molar-refractivity contribution in [3.05, 3.63) is 57.4 Å². The van der Waals surface area contributed by atoms with Crippen LogP contribution in [-0.4, -0.2) is 17.2 Å². The zero-order valence-electron chi connectivity index (χ0n) is 12.4. The van der Waals surface area contributed by atoms with Gasteiger partial charge in [-0.1, -0.05) is 30.7 Å². The number of aromatic nitrogens is 2. The molecule has 1 aromatic carbocycles. The van der Waals surface area contributed by atoms with Crippen LogP contribution in [0.4, 0.5) is 0 Å². The van der Waals surface area contributed by atoms with Gasteiger partial charge in [-0.2, -0.15) is 10.2 Å². The maximum atomic E-state index is 6.25. The van der Waals surface area contributed by atoms with E-state index in [2.05, 4.69) is 40.6 Å². The van der Waals surface area contributed by atoms with Crippen LogP contribution in [0.2, 0.25) is 5.02 Å². The summed E-state index contributed by atoms with van der Waals surface area (Å²) < 4.78 is 0. The molecule has 1 aromatic heterocycles. The van der Waals surface area contributed by atoms with Crippen LogP contribution < -0.4 is 5.32 Å². The van der Waals surface area contributed by atoms with E-state index < -0.39 is 0 Å². The zero-order chi connectivity index (χ0) is 14.7. The molecular weight excluding hydrogens is 270 g/mol. The van der Waals surface area contributed by atoms with E-state index in [-0.39, 0.29) is 6.04 Å². The number of benzene rings is 1. The van der Waals surface area contributed by atoms with Crippen molar-refractivity contribution in [2.75, 3.05) is 7.05 Å². The van der Waals surface area contributed by atoms with Crippen LogP contribution in [0.3, 0.4) is 0 Å². The summed E-state index contributed by atoms with van der Waals surface area (Å²) >= 11 is 6.25. The van der Waals surface area contributed by atoms with Gasteiger partial charge in [0.15, 0.2) is 0 Å². The average Bonchev–Trinajstić information content (AvgIpc) is 2.44. The number of rotatable bonds is 4. The average molecular weight is 290 g/mol. The third-order valence-corrected chi connectivity index (χ3v) is 3.90. The van der Waals surface area contributed by atoms with Crippen LogP contribution in [0.25, 0.3) is 0 Å². The monoisotopic (exact) mass is 289 g/mol. The van der Waals surface area contributed by atoms with Gasteiger partial charge in [0.05, 0.1) is 17.4 Å². The fraction of sp³-hybridized carbons (Fsp3) is 0.375. The highest BCUT2D eigenvalue weighted by Crippen LogP contribution is 2.27. The Kier molecular flexibility index (Phi) is 4.73. The molecule has 0 aliphatic carbocycles. The van der Waals surface area contributed by atoms with Crippen LogP contribution >= 0.6 is 11.6 Å². The number of halogens is 1. The second kappa shape index (κ2) is 6.33. The molecule has 3 nitrogen and oxygen atoms in total. The van der Waals surface area contributed by atoms with Gasteiger partial charge < -0.3 is 5.32 Å². The molecule has 0 bridgehead atoms. The molecule has 1 atom stereocenters. The molecule has 1 heterocycles. The summed E-state index contributed by atoms with van der Waals surface area (Å²) in [6.07, 6.45) is 0.861. The first-order chi connectivity index (χ1) is 9.56. The van der Waals surface area contributed by atoms with E-state index in [1.165, 1.54) is 5.56 Å². The number of hydrogen-bond donors (Lipinski definition) is 1. The maximum Gasteiger partial charge on any atom is 0.0679 e. The third kappa shape index (κ3) is 3.00. The van der Waals surface area contributed by atoms with Crippen LogP contribution in [-0.2, 0) is 6.42 Å². The van der Waals surface area contributed by atoms with E-state index >= 15 is 0 Å². The van der Waals surface area contributed by atoms with Gasteiger partial charge in [-0.25, -0.2) is 0 Å². The van der Waals surface area contributed by atoms with Gasteiger partial charge in [0, 0.05) is 5.02 Å². The molecule has 106 valence electrons. The smallest absolute Gasteiger partial charge is 0.0679 e. The lowest BCUT2D eigenvalue weighted by Gasteiger charge is -2.20. The predicted molar refractivity (Wildman–Crippen MR) is 83.2 cm³/mol. The Balaban J connectivity index is 2.51. The standard InChI is InChI=1S/C16H20ClN3/c1-5-15-13(8-11(3)19-20-15)16(18-4)12-7-6-10(2)14(17)9-12/h6-9,16,18H,5H2,1-4H3. The van der Waals surface area contributed by atoms with E-state index in [0.717, 1.165) is 34.0 Å². The molecule has 0 saturated heterocycles. The first kappa shape index (κ1) is 14.9. The second-order valence-electron chi connectivity index (χ2n) is 4.97. The fourth-order valence-corrected chi connectivity index (χ4v) is 2.54. The highest BCUT2D eigenvalue weighted by Gasteiger charge is 2.17. The molecule has 0 radical (unpaired) electrons. The van der Waals surface area contributed by atoms with Crippen molar-refractivity contribution >= 4 is 11.6 Å². The Morgan fingerprint density at radius 1 is 1.20 bits per heavy atom. The maximum absolute atomic E-state index is 6.25. The normalized spacial score (nSPS) is 12.4. The predicted octanol–water partition coefficient (Wildman–Crippen LogP) is 3.62. The molecule has 20 heavy (non-hydrogen) atoms. The summed E-state index contributed by atoms with van der Waals surface area (Å²) in [6, 6.07) is 8.36. The van der Waals surface area contributed by atoms with Gasteiger partial charge in [0.25, 0.3) is 0 Å². The Hall–Kier alpha value is -1.45. The largest absolute Gasteiger partial charge is 0.309 e. The minimum atomic E-state index is 0.0808. The van der Waals surface area contributed by atoms with Crippen molar-refractivity contribution in [1.29, 1.82) is 0 Å². The first-order valence-corrected chi connectivity index (χ1v) is 7.21. The van der Waals surface area contributed by atoms with Gasteiger partial charge in [-0.05, 0) is 56.1 Å². The Labute approximate surface area is 125 Å². The lowest BCUT2D eigenvalue weighted by molar-refractivity contribution is 0.669. The zero-order valence-corrected chi connectivity index (χ0v) is 13.1. The Morgan fingerprint density at radius 2 is 1.95 bits per heavy atom. The molecule has 4 heteroatoms. The molecule has 0 saturated carbocycles. The number of hydrogen-bond acceptors (Lipinski definition) is 3. The summed E-state index contributed by atoms with van der Waals surface area (Å²) in [5.74, 6) is 0. The topological polar surface area (TPSA) is 37.8 Å². The minimum absolute atomic E-state index is 0.0808. The molecule has 2 aromatic rings. The summed E-state index contributed by atoms with van der Waals surface area (Å²) in [6.45, 7) is 6.07. The minimum Gasteiger partial charge on any atom is -0.309 e. The number of nitrogens with zero attached hydrogens (tertiary/aromatic N) is 2. The molecule has 1 N–H and O–H groups in total. The van der Waals surface area contributed by atoms with E-state index in [0.29, 0.717) is 0 Å². The third-order valence-electron chi connectivity index (χ3n) is 3.49. The van der Waals surface area contributed by atoms with Crippen molar-refractivity contribution in [2.24, 2.45) is 0 Å². The number of nitrogens with one attached hydrogen (secondary N) is 1. The number of aryl methyl sites for hydroxylation is 3.